The maximum atomic E-state index is 12.0. The van der Waals surface area contributed by atoms with Crippen LogP contribution in [0.4, 0.5) is 0 Å². The number of aryl methyl sites for hydroxylation is 1. The molecule has 7 nitrogen and oxygen atoms in total. The summed E-state index contributed by atoms with van der Waals surface area (Å²) < 4.78 is 1.78. The molecule has 0 aliphatic carbocycles. The molecule has 0 saturated carbocycles. The Balaban J connectivity index is 1.56. The van der Waals surface area contributed by atoms with Crippen molar-refractivity contribution in [2.75, 3.05) is 6.54 Å². The Morgan fingerprint density at radius 1 is 1.36 bits per heavy atom. The summed E-state index contributed by atoms with van der Waals surface area (Å²) in [5, 5.41) is 9.90. The molecule has 0 radical (unpaired) electrons. The van der Waals surface area contributed by atoms with Crippen LogP contribution < -0.4 is 5.32 Å². The zero-order valence-corrected chi connectivity index (χ0v) is 12.2. The largest absolute Gasteiger partial charge is 0.350 e. The molecular weight excluding hydrogens is 280 g/mol. The van der Waals surface area contributed by atoms with E-state index in [0.29, 0.717) is 24.5 Å². The van der Waals surface area contributed by atoms with E-state index in [2.05, 4.69) is 25.5 Å². The summed E-state index contributed by atoms with van der Waals surface area (Å²) in [7, 11) is 1.84. The summed E-state index contributed by atoms with van der Waals surface area (Å²) >= 11 is 0. The lowest BCUT2D eigenvalue weighted by Crippen LogP contribution is -2.27. The Morgan fingerprint density at radius 2 is 2.27 bits per heavy atom. The molecule has 0 bridgehead atoms. The lowest BCUT2D eigenvalue weighted by Gasteiger charge is -2.04. The Morgan fingerprint density at radius 3 is 3.00 bits per heavy atom. The van der Waals surface area contributed by atoms with Gasteiger partial charge in [0.1, 0.15) is 11.5 Å². The van der Waals surface area contributed by atoms with Crippen LogP contribution in [0, 0.1) is 0 Å². The minimum absolute atomic E-state index is 0.0977. The van der Waals surface area contributed by atoms with Crippen LogP contribution in [0.3, 0.4) is 0 Å². The lowest BCUT2D eigenvalue weighted by molar-refractivity contribution is 0.0946. The van der Waals surface area contributed by atoms with Crippen molar-refractivity contribution < 1.29 is 4.79 Å². The van der Waals surface area contributed by atoms with Crippen LogP contribution in [-0.4, -0.2) is 37.2 Å². The Hall–Kier alpha value is -2.96. The lowest BCUT2D eigenvalue weighted by atomic mass is 10.3. The van der Waals surface area contributed by atoms with Crippen molar-refractivity contribution in [3.8, 4) is 11.4 Å². The van der Waals surface area contributed by atoms with E-state index < -0.39 is 0 Å². The molecule has 7 heteroatoms. The predicted octanol–water partition coefficient (Wildman–Crippen LogP) is 1.18. The highest BCUT2D eigenvalue weighted by Crippen LogP contribution is 2.11. The first-order chi connectivity index (χ1) is 10.7. The molecule has 3 aromatic rings. The molecule has 22 heavy (non-hydrogen) atoms. The predicted molar refractivity (Wildman–Crippen MR) is 81.1 cm³/mol. The fourth-order valence-corrected chi connectivity index (χ4v) is 2.11. The van der Waals surface area contributed by atoms with E-state index in [4.69, 9.17) is 0 Å². The van der Waals surface area contributed by atoms with Gasteiger partial charge in [-0.1, -0.05) is 0 Å². The fourth-order valence-electron chi connectivity index (χ4n) is 2.11. The Labute approximate surface area is 127 Å². The van der Waals surface area contributed by atoms with E-state index in [9.17, 15) is 4.79 Å². The second kappa shape index (κ2) is 6.21. The number of nitrogens with zero attached hydrogens (tertiary/aromatic N) is 4. The molecule has 2 N–H and O–H groups in total. The number of carbonyl (C=O) groups excluding carboxylic acids is 1. The van der Waals surface area contributed by atoms with E-state index in [1.54, 1.807) is 23.0 Å². The van der Waals surface area contributed by atoms with Gasteiger partial charge < -0.3 is 9.88 Å². The van der Waals surface area contributed by atoms with E-state index in [1.165, 1.54) is 0 Å². The molecule has 3 heterocycles. The van der Waals surface area contributed by atoms with Gasteiger partial charge in [-0.15, -0.1) is 0 Å². The van der Waals surface area contributed by atoms with E-state index in [-0.39, 0.29) is 5.91 Å². The van der Waals surface area contributed by atoms with Crippen LogP contribution in [0.15, 0.2) is 42.9 Å². The normalized spacial score (nSPS) is 10.6. The number of rotatable bonds is 5. The second-order valence-corrected chi connectivity index (χ2v) is 4.86. The molecule has 0 aliphatic heterocycles. The minimum atomic E-state index is -0.0977. The molecule has 0 unspecified atom stereocenters. The third kappa shape index (κ3) is 3.03. The number of H-pyrrole nitrogens is 1. The standard InChI is InChI=1S/C15H16N6O/c1-21-9-3-5-12(21)15(22)17-8-6-13-18-14(20-19-13)11-4-2-7-16-10-11/h2-5,7,9-10H,6,8H2,1H3,(H,17,22)(H,18,19,20). The highest BCUT2D eigenvalue weighted by molar-refractivity contribution is 5.92. The average Bonchev–Trinajstić information content (AvgIpc) is 3.17. The first-order valence-corrected chi connectivity index (χ1v) is 6.95. The van der Waals surface area contributed by atoms with Crippen LogP contribution >= 0.6 is 0 Å². The van der Waals surface area contributed by atoms with Gasteiger partial charge in [0.05, 0.1) is 0 Å². The third-order valence-corrected chi connectivity index (χ3v) is 3.28. The molecule has 0 aliphatic rings. The summed E-state index contributed by atoms with van der Waals surface area (Å²) in [5.74, 6) is 1.24. The van der Waals surface area contributed by atoms with Crippen molar-refractivity contribution in [2.24, 2.45) is 7.05 Å². The number of pyridine rings is 1. The van der Waals surface area contributed by atoms with Crippen molar-refractivity contribution in [2.45, 2.75) is 6.42 Å². The molecule has 112 valence electrons. The number of hydrogen-bond donors (Lipinski definition) is 2. The number of aromatic amines is 1. The number of amides is 1. The van der Waals surface area contributed by atoms with Crippen molar-refractivity contribution in [3.63, 3.8) is 0 Å². The quantitative estimate of drug-likeness (QED) is 0.740. The molecule has 0 fully saturated rings. The van der Waals surface area contributed by atoms with Crippen LogP contribution in [-0.2, 0) is 13.5 Å². The number of nitrogens with one attached hydrogen (secondary N) is 2. The maximum Gasteiger partial charge on any atom is 0.267 e. The van der Waals surface area contributed by atoms with Gasteiger partial charge >= 0.3 is 0 Å². The first-order valence-electron chi connectivity index (χ1n) is 6.95. The molecule has 0 aromatic carbocycles. The summed E-state index contributed by atoms with van der Waals surface area (Å²) in [5.41, 5.74) is 1.49. The van der Waals surface area contributed by atoms with Gasteiger partial charge in [0.15, 0.2) is 5.82 Å². The van der Waals surface area contributed by atoms with E-state index in [1.807, 2.05) is 31.4 Å². The number of carbonyl (C=O) groups is 1. The van der Waals surface area contributed by atoms with Crippen LogP contribution in [0.1, 0.15) is 16.3 Å². The van der Waals surface area contributed by atoms with Gasteiger partial charge in [-0.25, -0.2) is 4.98 Å². The van der Waals surface area contributed by atoms with Crippen LogP contribution in [0.2, 0.25) is 0 Å². The van der Waals surface area contributed by atoms with Crippen molar-refractivity contribution in [1.29, 1.82) is 0 Å². The number of aromatic nitrogens is 5. The maximum absolute atomic E-state index is 12.0. The molecule has 0 atom stereocenters. The number of hydrogen-bond acceptors (Lipinski definition) is 4. The van der Waals surface area contributed by atoms with Crippen molar-refractivity contribution in [3.05, 3.63) is 54.4 Å². The van der Waals surface area contributed by atoms with Crippen LogP contribution in [0.5, 0.6) is 0 Å². The SMILES string of the molecule is Cn1cccc1C(=O)NCCc1nc(-c2cccnc2)n[nH]1. The fraction of sp³-hybridized carbons (Fsp3) is 0.200. The topological polar surface area (TPSA) is 88.5 Å². The Bertz CT molecular complexity index is 761. The highest BCUT2D eigenvalue weighted by atomic mass is 16.1. The van der Waals surface area contributed by atoms with Gasteiger partial charge in [-0.05, 0) is 24.3 Å². The van der Waals surface area contributed by atoms with Gasteiger partial charge in [-0.2, -0.15) is 5.10 Å². The molecule has 3 aromatic heterocycles. The zero-order valence-electron chi connectivity index (χ0n) is 12.2. The molecule has 0 spiro atoms. The van der Waals surface area contributed by atoms with Gasteiger partial charge in [0, 0.05) is 44.2 Å². The van der Waals surface area contributed by atoms with Crippen molar-refractivity contribution in [1.82, 2.24) is 30.0 Å². The molecule has 0 saturated heterocycles. The first kappa shape index (κ1) is 14.0. The van der Waals surface area contributed by atoms with Gasteiger partial charge in [0.25, 0.3) is 5.91 Å². The second-order valence-electron chi connectivity index (χ2n) is 4.86. The van der Waals surface area contributed by atoms with E-state index in [0.717, 1.165) is 11.4 Å². The molecule has 3 rings (SSSR count). The smallest absolute Gasteiger partial charge is 0.267 e. The average molecular weight is 296 g/mol. The highest BCUT2D eigenvalue weighted by Gasteiger charge is 2.09. The van der Waals surface area contributed by atoms with Gasteiger partial charge in [0.2, 0.25) is 0 Å². The molecular formula is C15H16N6O. The summed E-state index contributed by atoms with van der Waals surface area (Å²) in [6, 6.07) is 7.36. The minimum Gasteiger partial charge on any atom is -0.350 e. The van der Waals surface area contributed by atoms with Crippen molar-refractivity contribution >= 4 is 5.91 Å². The summed E-state index contributed by atoms with van der Waals surface area (Å²) in [6.45, 7) is 0.492. The zero-order chi connectivity index (χ0) is 15.4. The van der Waals surface area contributed by atoms with Gasteiger partial charge in [-0.3, -0.25) is 14.9 Å². The summed E-state index contributed by atoms with van der Waals surface area (Å²) in [4.78, 5) is 20.4. The van der Waals surface area contributed by atoms with Crippen LogP contribution in [0.25, 0.3) is 11.4 Å². The third-order valence-electron chi connectivity index (χ3n) is 3.28. The Kier molecular flexibility index (Phi) is 3.95. The van der Waals surface area contributed by atoms with E-state index >= 15 is 0 Å². The monoisotopic (exact) mass is 296 g/mol. The molecule has 1 amide bonds. The summed E-state index contributed by atoms with van der Waals surface area (Å²) in [6.07, 6.45) is 5.84.